The maximum atomic E-state index is 5.83. The Morgan fingerprint density at radius 3 is 2.67 bits per heavy atom. The summed E-state index contributed by atoms with van der Waals surface area (Å²) in [6.07, 6.45) is 2.56. The second-order valence-corrected chi connectivity index (χ2v) is 7.16. The molecule has 0 aromatic carbocycles. The number of hydrogen-bond donors (Lipinski definition) is 2. The second kappa shape index (κ2) is 4.64. The third kappa shape index (κ3) is 4.78. The fraction of sp³-hybridized carbons (Fsp3) is 0.909. The molecule has 0 aliphatic carbocycles. The zero-order valence-corrected chi connectivity index (χ0v) is 11.1. The van der Waals surface area contributed by atoms with Crippen LogP contribution in [0.4, 0.5) is 0 Å². The summed E-state index contributed by atoms with van der Waals surface area (Å²) in [7, 11) is 0. The minimum absolute atomic E-state index is 0.00267. The Morgan fingerprint density at radius 1 is 1.53 bits per heavy atom. The summed E-state index contributed by atoms with van der Waals surface area (Å²) in [6.45, 7) is 9.36. The van der Waals surface area contributed by atoms with Crippen molar-refractivity contribution in [3.63, 3.8) is 0 Å². The van der Waals surface area contributed by atoms with Crippen molar-refractivity contribution in [1.29, 1.82) is 0 Å². The zero-order valence-electron chi connectivity index (χ0n) is 10.3. The molecule has 0 saturated carbocycles. The second-order valence-electron chi connectivity index (χ2n) is 5.48. The summed E-state index contributed by atoms with van der Waals surface area (Å²) in [5, 5.41) is 3.18. The van der Waals surface area contributed by atoms with Crippen LogP contribution < -0.4 is 11.1 Å². The summed E-state index contributed by atoms with van der Waals surface area (Å²) >= 11 is 2.01. The van der Waals surface area contributed by atoms with E-state index in [1.165, 1.54) is 18.6 Å². The molecule has 1 atom stereocenters. The molecular weight excluding hydrogens is 206 g/mol. The Hall–Kier alpha value is -0.380. The number of guanidine groups is 1. The number of hydrogen-bond acceptors (Lipinski definition) is 2. The standard InChI is InChI=1S/C11H23N3S/c1-10(2,3)14-9(12)13-8-11(4)6-5-7-15-11/h5-8H2,1-4H3,(H3,12,13,14). The molecule has 1 unspecified atom stereocenters. The maximum Gasteiger partial charge on any atom is 0.189 e. The molecule has 15 heavy (non-hydrogen) atoms. The average molecular weight is 229 g/mol. The quantitative estimate of drug-likeness (QED) is 0.562. The molecule has 88 valence electrons. The number of nitrogens with zero attached hydrogens (tertiary/aromatic N) is 1. The van der Waals surface area contributed by atoms with Gasteiger partial charge in [0.15, 0.2) is 5.96 Å². The van der Waals surface area contributed by atoms with E-state index in [0.717, 1.165) is 6.54 Å². The van der Waals surface area contributed by atoms with Gasteiger partial charge in [-0.2, -0.15) is 11.8 Å². The van der Waals surface area contributed by atoms with Crippen molar-refractivity contribution in [3.8, 4) is 0 Å². The molecule has 3 nitrogen and oxygen atoms in total. The van der Waals surface area contributed by atoms with E-state index >= 15 is 0 Å². The van der Waals surface area contributed by atoms with Crippen molar-refractivity contribution in [2.24, 2.45) is 10.7 Å². The minimum Gasteiger partial charge on any atom is -0.370 e. The fourth-order valence-corrected chi connectivity index (χ4v) is 2.86. The number of rotatable bonds is 2. The van der Waals surface area contributed by atoms with Crippen LogP contribution in [0.3, 0.4) is 0 Å². The summed E-state index contributed by atoms with van der Waals surface area (Å²) in [4.78, 5) is 4.43. The van der Waals surface area contributed by atoms with Crippen molar-refractivity contribution in [2.75, 3.05) is 12.3 Å². The molecule has 1 rings (SSSR count). The van der Waals surface area contributed by atoms with Crippen LogP contribution in [0.5, 0.6) is 0 Å². The first-order valence-corrected chi connectivity index (χ1v) is 6.51. The van der Waals surface area contributed by atoms with E-state index in [1.54, 1.807) is 0 Å². The van der Waals surface area contributed by atoms with Crippen LogP contribution in [-0.2, 0) is 0 Å². The molecule has 0 aromatic rings. The molecule has 0 radical (unpaired) electrons. The highest BCUT2D eigenvalue weighted by molar-refractivity contribution is 8.00. The predicted molar refractivity (Wildman–Crippen MR) is 69.5 cm³/mol. The number of nitrogens with one attached hydrogen (secondary N) is 1. The summed E-state index contributed by atoms with van der Waals surface area (Å²) in [6, 6.07) is 0. The molecule has 1 aliphatic heterocycles. The van der Waals surface area contributed by atoms with Gasteiger partial charge >= 0.3 is 0 Å². The van der Waals surface area contributed by atoms with Crippen molar-refractivity contribution in [1.82, 2.24) is 5.32 Å². The van der Waals surface area contributed by atoms with E-state index in [4.69, 9.17) is 5.73 Å². The molecule has 1 heterocycles. The van der Waals surface area contributed by atoms with Gasteiger partial charge in [0, 0.05) is 10.3 Å². The molecule has 0 amide bonds. The van der Waals surface area contributed by atoms with Crippen molar-refractivity contribution in [3.05, 3.63) is 0 Å². The van der Waals surface area contributed by atoms with Crippen molar-refractivity contribution < 1.29 is 0 Å². The Labute approximate surface area is 97.3 Å². The Bertz CT molecular complexity index is 237. The Balaban J connectivity index is 2.43. The van der Waals surface area contributed by atoms with Gasteiger partial charge in [-0.25, -0.2) is 0 Å². The number of nitrogens with two attached hydrogens (primary N) is 1. The Morgan fingerprint density at radius 2 is 2.20 bits per heavy atom. The van der Waals surface area contributed by atoms with Crippen molar-refractivity contribution >= 4 is 17.7 Å². The van der Waals surface area contributed by atoms with Crippen LogP contribution in [0.15, 0.2) is 4.99 Å². The van der Waals surface area contributed by atoms with E-state index in [-0.39, 0.29) is 5.54 Å². The lowest BCUT2D eigenvalue weighted by molar-refractivity contribution is 0.506. The smallest absolute Gasteiger partial charge is 0.189 e. The first-order valence-electron chi connectivity index (χ1n) is 5.53. The van der Waals surface area contributed by atoms with E-state index in [9.17, 15) is 0 Å². The maximum absolute atomic E-state index is 5.83. The van der Waals surface area contributed by atoms with Crippen LogP contribution in [0.1, 0.15) is 40.5 Å². The van der Waals surface area contributed by atoms with Gasteiger partial charge in [-0.15, -0.1) is 0 Å². The van der Waals surface area contributed by atoms with Crippen LogP contribution in [0.25, 0.3) is 0 Å². The van der Waals surface area contributed by atoms with E-state index < -0.39 is 0 Å². The van der Waals surface area contributed by atoms with Gasteiger partial charge in [0.25, 0.3) is 0 Å². The molecule has 0 bridgehead atoms. The molecule has 0 spiro atoms. The fourth-order valence-electron chi connectivity index (χ4n) is 1.64. The van der Waals surface area contributed by atoms with Gasteiger partial charge in [0.2, 0.25) is 0 Å². The minimum atomic E-state index is -0.00267. The van der Waals surface area contributed by atoms with Gasteiger partial charge in [-0.05, 0) is 46.3 Å². The van der Waals surface area contributed by atoms with Gasteiger partial charge in [0.1, 0.15) is 0 Å². The monoisotopic (exact) mass is 229 g/mol. The average Bonchev–Trinajstić information content (AvgIpc) is 2.47. The van der Waals surface area contributed by atoms with Crippen molar-refractivity contribution in [2.45, 2.75) is 50.8 Å². The predicted octanol–water partition coefficient (Wildman–Crippen LogP) is 1.97. The third-order valence-electron chi connectivity index (χ3n) is 2.39. The zero-order chi connectivity index (χ0) is 11.5. The van der Waals surface area contributed by atoms with Gasteiger partial charge in [-0.3, -0.25) is 4.99 Å². The molecule has 4 heteroatoms. The van der Waals surface area contributed by atoms with Gasteiger partial charge in [0.05, 0.1) is 6.54 Å². The Kier molecular flexibility index (Phi) is 3.93. The molecule has 0 aromatic heterocycles. The largest absolute Gasteiger partial charge is 0.370 e. The van der Waals surface area contributed by atoms with E-state index in [1.807, 2.05) is 11.8 Å². The lowest BCUT2D eigenvalue weighted by atomic mass is 10.1. The van der Waals surface area contributed by atoms with Crippen LogP contribution in [-0.4, -0.2) is 28.5 Å². The lowest BCUT2D eigenvalue weighted by Crippen LogP contribution is -2.45. The van der Waals surface area contributed by atoms with E-state index in [2.05, 4.69) is 38.0 Å². The molecular formula is C11H23N3S. The highest BCUT2D eigenvalue weighted by Crippen LogP contribution is 2.37. The van der Waals surface area contributed by atoms with Crippen LogP contribution in [0.2, 0.25) is 0 Å². The number of aliphatic imine (C=N–C) groups is 1. The molecule has 1 aliphatic rings. The van der Waals surface area contributed by atoms with E-state index in [0.29, 0.717) is 10.7 Å². The number of thioether (sulfide) groups is 1. The summed E-state index contributed by atoms with van der Waals surface area (Å²) in [5.41, 5.74) is 5.82. The summed E-state index contributed by atoms with van der Waals surface area (Å²) < 4.78 is 0.310. The third-order valence-corrected chi connectivity index (χ3v) is 3.91. The van der Waals surface area contributed by atoms with Gasteiger partial charge in [-0.1, -0.05) is 0 Å². The lowest BCUT2D eigenvalue weighted by Gasteiger charge is -2.23. The topological polar surface area (TPSA) is 50.4 Å². The van der Waals surface area contributed by atoms with Crippen LogP contribution >= 0.6 is 11.8 Å². The van der Waals surface area contributed by atoms with Crippen LogP contribution in [0, 0.1) is 0 Å². The first-order chi connectivity index (χ1) is 6.81. The highest BCUT2D eigenvalue weighted by atomic mass is 32.2. The molecule has 1 fully saturated rings. The normalized spacial score (nSPS) is 28.1. The first kappa shape index (κ1) is 12.7. The SMILES string of the molecule is CC(C)(C)NC(N)=NCC1(C)CCCS1. The highest BCUT2D eigenvalue weighted by Gasteiger charge is 2.29. The molecule has 3 N–H and O–H groups in total. The summed E-state index contributed by atoms with van der Waals surface area (Å²) in [5.74, 6) is 1.83. The van der Waals surface area contributed by atoms with Gasteiger partial charge < -0.3 is 11.1 Å². The molecule has 1 saturated heterocycles.